The Kier molecular flexibility index (Phi) is 5.23. The molecule has 1 fully saturated rings. The topological polar surface area (TPSA) is 107 Å². The average molecular weight is 358 g/mol. The van der Waals surface area contributed by atoms with Gasteiger partial charge in [-0.25, -0.2) is 8.42 Å². The molecule has 0 aromatic heterocycles. The van der Waals surface area contributed by atoms with Crippen LogP contribution in [0.4, 0.5) is 5.69 Å². The largest absolute Gasteiger partial charge is 0.480 e. The summed E-state index contributed by atoms with van der Waals surface area (Å²) >= 11 is 5.22. The summed E-state index contributed by atoms with van der Waals surface area (Å²) in [5.74, 6) is -1.87. The summed E-state index contributed by atoms with van der Waals surface area (Å²) in [4.78, 5) is 12.3. The SMILES string of the molecule is Cc1ccc(NC(=S)N(CC(=O)O)[C@@H]2CS(=O)(=O)C[C@H]2O)cc1. The Morgan fingerprint density at radius 3 is 2.43 bits per heavy atom. The molecule has 0 radical (unpaired) electrons. The molecule has 3 N–H and O–H groups in total. The highest BCUT2D eigenvalue weighted by Crippen LogP contribution is 2.20. The fourth-order valence-electron chi connectivity index (χ4n) is 2.43. The van der Waals surface area contributed by atoms with Gasteiger partial charge in [-0.1, -0.05) is 17.7 Å². The zero-order chi connectivity index (χ0) is 17.2. The van der Waals surface area contributed by atoms with Crippen LogP contribution < -0.4 is 5.32 Å². The molecule has 1 aliphatic heterocycles. The molecule has 2 atom stereocenters. The number of thiocarbonyl (C=S) groups is 1. The third kappa shape index (κ3) is 4.63. The molecule has 9 heteroatoms. The Labute approximate surface area is 139 Å². The molecular weight excluding hydrogens is 340 g/mol. The van der Waals surface area contributed by atoms with Gasteiger partial charge in [0.15, 0.2) is 14.9 Å². The summed E-state index contributed by atoms with van der Waals surface area (Å²) in [5, 5.41) is 22.0. The molecule has 23 heavy (non-hydrogen) atoms. The second kappa shape index (κ2) is 6.81. The molecule has 126 valence electrons. The molecule has 1 aliphatic rings. The lowest BCUT2D eigenvalue weighted by Gasteiger charge is -2.31. The van der Waals surface area contributed by atoms with Crippen LogP contribution in [0, 0.1) is 6.92 Å². The van der Waals surface area contributed by atoms with Crippen molar-refractivity contribution < 1.29 is 23.4 Å². The summed E-state index contributed by atoms with van der Waals surface area (Å²) in [7, 11) is -3.41. The first kappa shape index (κ1) is 17.6. The van der Waals surface area contributed by atoms with Gasteiger partial charge < -0.3 is 20.4 Å². The highest BCUT2D eigenvalue weighted by atomic mass is 32.2. The zero-order valence-corrected chi connectivity index (χ0v) is 14.1. The van der Waals surface area contributed by atoms with E-state index in [1.54, 1.807) is 12.1 Å². The molecule has 0 saturated carbocycles. The summed E-state index contributed by atoms with van der Waals surface area (Å²) in [5.41, 5.74) is 1.72. The van der Waals surface area contributed by atoms with Crippen molar-refractivity contribution in [3.05, 3.63) is 29.8 Å². The first-order valence-electron chi connectivity index (χ1n) is 6.92. The van der Waals surface area contributed by atoms with E-state index in [0.717, 1.165) is 5.56 Å². The maximum atomic E-state index is 11.7. The van der Waals surface area contributed by atoms with Crippen molar-refractivity contribution >= 4 is 38.8 Å². The minimum atomic E-state index is -3.41. The van der Waals surface area contributed by atoms with Gasteiger partial charge in [-0.15, -0.1) is 0 Å². The number of sulfone groups is 1. The summed E-state index contributed by atoms with van der Waals surface area (Å²) in [6, 6.07) is 6.41. The lowest BCUT2D eigenvalue weighted by molar-refractivity contribution is -0.137. The molecule has 1 saturated heterocycles. The number of carbonyl (C=O) groups is 1. The number of benzene rings is 1. The molecule has 0 amide bonds. The van der Waals surface area contributed by atoms with Gasteiger partial charge in [-0.2, -0.15) is 0 Å². The fourth-order valence-corrected chi connectivity index (χ4v) is 4.54. The standard InChI is InChI=1S/C14H18N2O5S2/c1-9-2-4-10(5-3-9)15-14(22)16(6-13(18)19)11-7-23(20,21)8-12(11)17/h2-5,11-12,17H,6-8H2,1H3,(H,15,22)(H,18,19)/t11-,12-/m1/s1. The second-order valence-corrected chi connectivity index (χ2v) is 8.07. The number of nitrogens with one attached hydrogen (secondary N) is 1. The lowest BCUT2D eigenvalue weighted by atomic mass is 10.2. The van der Waals surface area contributed by atoms with E-state index in [-0.39, 0.29) is 16.6 Å². The van der Waals surface area contributed by atoms with E-state index >= 15 is 0 Å². The first-order valence-corrected chi connectivity index (χ1v) is 9.15. The van der Waals surface area contributed by atoms with E-state index in [9.17, 15) is 18.3 Å². The molecule has 1 aromatic rings. The zero-order valence-electron chi connectivity index (χ0n) is 12.5. The van der Waals surface area contributed by atoms with Crippen LogP contribution in [0.25, 0.3) is 0 Å². The van der Waals surface area contributed by atoms with Gasteiger partial charge >= 0.3 is 5.97 Å². The maximum Gasteiger partial charge on any atom is 0.323 e. The number of hydrogen-bond acceptors (Lipinski definition) is 5. The lowest BCUT2D eigenvalue weighted by Crippen LogP contribution is -2.50. The summed E-state index contributed by atoms with van der Waals surface area (Å²) in [6.45, 7) is 1.44. The molecule has 7 nitrogen and oxygen atoms in total. The van der Waals surface area contributed by atoms with Crippen LogP contribution in [0.15, 0.2) is 24.3 Å². The number of nitrogens with zero attached hydrogens (tertiary/aromatic N) is 1. The van der Waals surface area contributed by atoms with Crippen molar-refractivity contribution in [2.24, 2.45) is 0 Å². The molecule has 1 heterocycles. The Morgan fingerprint density at radius 2 is 1.96 bits per heavy atom. The van der Waals surface area contributed by atoms with Crippen molar-refractivity contribution in [3.8, 4) is 0 Å². The number of aryl methyl sites for hydroxylation is 1. The number of aliphatic carboxylic acids is 1. The van der Waals surface area contributed by atoms with Crippen LogP contribution in [-0.4, -0.2) is 64.8 Å². The molecule has 0 aliphatic carbocycles. The van der Waals surface area contributed by atoms with E-state index in [1.807, 2.05) is 19.1 Å². The molecule has 0 unspecified atom stereocenters. The first-order chi connectivity index (χ1) is 10.7. The molecule has 2 rings (SSSR count). The van der Waals surface area contributed by atoms with E-state index in [2.05, 4.69) is 5.32 Å². The van der Waals surface area contributed by atoms with Crippen molar-refractivity contribution in [2.75, 3.05) is 23.4 Å². The molecule has 1 aromatic carbocycles. The second-order valence-electron chi connectivity index (χ2n) is 5.53. The van der Waals surface area contributed by atoms with Crippen molar-refractivity contribution in [3.63, 3.8) is 0 Å². The number of anilines is 1. The van der Waals surface area contributed by atoms with Gasteiger partial charge in [0, 0.05) is 5.69 Å². The van der Waals surface area contributed by atoms with E-state index < -0.39 is 34.5 Å². The Hall–Kier alpha value is -1.71. The third-order valence-corrected chi connectivity index (χ3v) is 5.60. The van der Waals surface area contributed by atoms with Crippen LogP contribution >= 0.6 is 12.2 Å². The Balaban J connectivity index is 2.19. The minimum Gasteiger partial charge on any atom is -0.480 e. The average Bonchev–Trinajstić information content (AvgIpc) is 2.71. The van der Waals surface area contributed by atoms with Crippen molar-refractivity contribution in [1.82, 2.24) is 4.90 Å². The molecule has 0 spiro atoms. The van der Waals surface area contributed by atoms with Gasteiger partial charge in [-0.3, -0.25) is 4.79 Å². The predicted octanol–water partition coefficient (Wildman–Crippen LogP) is 0.236. The van der Waals surface area contributed by atoms with Gasteiger partial charge in [0.1, 0.15) is 6.54 Å². The number of hydrogen-bond donors (Lipinski definition) is 3. The highest BCUT2D eigenvalue weighted by molar-refractivity contribution is 7.91. The third-order valence-electron chi connectivity index (χ3n) is 3.56. The van der Waals surface area contributed by atoms with E-state index in [0.29, 0.717) is 5.69 Å². The maximum absolute atomic E-state index is 11.7. The van der Waals surface area contributed by atoms with E-state index in [1.165, 1.54) is 4.90 Å². The number of rotatable bonds is 4. The summed E-state index contributed by atoms with van der Waals surface area (Å²) < 4.78 is 23.3. The van der Waals surface area contributed by atoms with Crippen LogP contribution in [0.5, 0.6) is 0 Å². The van der Waals surface area contributed by atoms with Crippen molar-refractivity contribution in [1.29, 1.82) is 0 Å². The highest BCUT2D eigenvalue weighted by Gasteiger charge is 2.41. The molecule has 0 bridgehead atoms. The minimum absolute atomic E-state index is 0.0670. The van der Waals surface area contributed by atoms with E-state index in [4.69, 9.17) is 17.3 Å². The van der Waals surface area contributed by atoms with Gasteiger partial charge in [0.25, 0.3) is 0 Å². The quantitative estimate of drug-likeness (QED) is 0.657. The normalized spacial score (nSPS) is 22.5. The smallest absolute Gasteiger partial charge is 0.323 e. The van der Waals surface area contributed by atoms with Gasteiger partial charge in [-0.05, 0) is 31.3 Å². The van der Waals surface area contributed by atoms with Crippen molar-refractivity contribution in [2.45, 2.75) is 19.1 Å². The van der Waals surface area contributed by atoms with Gasteiger partial charge in [0.2, 0.25) is 0 Å². The number of aliphatic hydroxyl groups excluding tert-OH is 1. The Morgan fingerprint density at radius 1 is 1.35 bits per heavy atom. The van der Waals surface area contributed by atoms with Crippen LogP contribution in [-0.2, 0) is 14.6 Å². The number of carboxylic acid groups (broad SMARTS) is 1. The summed E-state index contributed by atoms with van der Waals surface area (Å²) in [6.07, 6.45) is -1.17. The number of carboxylic acids is 1. The Bertz CT molecular complexity index is 702. The van der Waals surface area contributed by atoms with Crippen LogP contribution in [0.1, 0.15) is 5.56 Å². The van der Waals surface area contributed by atoms with Crippen LogP contribution in [0.3, 0.4) is 0 Å². The van der Waals surface area contributed by atoms with Gasteiger partial charge in [0.05, 0.1) is 23.7 Å². The molecular formula is C14H18N2O5S2. The predicted molar refractivity (Wildman–Crippen MR) is 90.2 cm³/mol. The number of aliphatic hydroxyl groups is 1. The van der Waals surface area contributed by atoms with Crippen LogP contribution in [0.2, 0.25) is 0 Å². The fraction of sp³-hybridized carbons (Fsp3) is 0.429. The monoisotopic (exact) mass is 358 g/mol.